The number of thioether (sulfide) groups is 1. The highest BCUT2D eigenvalue weighted by molar-refractivity contribution is 7.98. The van der Waals surface area contributed by atoms with E-state index in [1.165, 1.54) is 18.4 Å². The lowest BCUT2D eigenvalue weighted by Gasteiger charge is -2.32. The molecule has 0 saturated carbocycles. The molecular formula is C17H30N4OS. The number of aromatic amines is 1. The van der Waals surface area contributed by atoms with Crippen molar-refractivity contribution >= 4 is 17.8 Å². The summed E-state index contributed by atoms with van der Waals surface area (Å²) in [5.41, 5.74) is 3.31. The van der Waals surface area contributed by atoms with Crippen LogP contribution >= 0.6 is 11.8 Å². The van der Waals surface area contributed by atoms with Crippen molar-refractivity contribution < 1.29 is 4.79 Å². The first kappa shape index (κ1) is 18.2. The Bertz CT molecular complexity index is 497. The molecule has 5 nitrogen and oxygen atoms in total. The molecule has 1 aromatic heterocycles. The standard InChI is InChI=1S/C17H30N4OS/c1-12(9-11-23-4)18-17(22)21-10-7-5-6-8-15(21)16-13(2)19-20-14(16)3/h12,15H,5-11H2,1-4H3,(H,18,22)(H,19,20)/t12-,15+/m0/s1. The molecule has 0 aromatic carbocycles. The predicted octanol–water partition coefficient (Wildman–Crippen LogP) is 3.79. The highest BCUT2D eigenvalue weighted by Crippen LogP contribution is 2.33. The van der Waals surface area contributed by atoms with Gasteiger partial charge in [-0.15, -0.1) is 0 Å². The Balaban J connectivity index is 2.13. The van der Waals surface area contributed by atoms with Gasteiger partial charge in [-0.05, 0) is 52.0 Å². The number of nitrogens with one attached hydrogen (secondary N) is 2. The maximum atomic E-state index is 12.8. The summed E-state index contributed by atoms with van der Waals surface area (Å²) in [6, 6.07) is 0.430. The molecule has 0 bridgehead atoms. The van der Waals surface area contributed by atoms with Crippen molar-refractivity contribution in [3.8, 4) is 0 Å². The second kappa shape index (κ2) is 8.62. The number of carbonyl (C=O) groups is 1. The van der Waals surface area contributed by atoms with E-state index in [9.17, 15) is 4.79 Å². The lowest BCUT2D eigenvalue weighted by atomic mass is 9.99. The average Bonchev–Trinajstić information content (AvgIpc) is 2.73. The first-order chi connectivity index (χ1) is 11.0. The zero-order chi connectivity index (χ0) is 16.8. The number of aryl methyl sites for hydroxylation is 2. The molecule has 23 heavy (non-hydrogen) atoms. The van der Waals surface area contributed by atoms with Crippen molar-refractivity contribution in [3.63, 3.8) is 0 Å². The number of aromatic nitrogens is 2. The van der Waals surface area contributed by atoms with Gasteiger partial charge in [0.1, 0.15) is 0 Å². The molecule has 0 spiro atoms. The van der Waals surface area contributed by atoms with Crippen LogP contribution in [0.4, 0.5) is 4.79 Å². The summed E-state index contributed by atoms with van der Waals surface area (Å²) in [6.45, 7) is 7.00. The Morgan fingerprint density at radius 3 is 2.87 bits per heavy atom. The Morgan fingerprint density at radius 2 is 2.22 bits per heavy atom. The van der Waals surface area contributed by atoms with Crippen molar-refractivity contribution in [3.05, 3.63) is 17.0 Å². The second-order valence-electron chi connectivity index (χ2n) is 6.54. The zero-order valence-corrected chi connectivity index (χ0v) is 15.6. The molecule has 0 aliphatic carbocycles. The van der Waals surface area contributed by atoms with E-state index in [0.29, 0.717) is 0 Å². The van der Waals surface area contributed by atoms with Gasteiger partial charge in [-0.25, -0.2) is 4.79 Å². The molecule has 2 N–H and O–H groups in total. The van der Waals surface area contributed by atoms with Gasteiger partial charge in [0.05, 0.1) is 11.7 Å². The van der Waals surface area contributed by atoms with Crippen LogP contribution in [-0.2, 0) is 0 Å². The lowest BCUT2D eigenvalue weighted by Crippen LogP contribution is -2.45. The quantitative estimate of drug-likeness (QED) is 0.858. The lowest BCUT2D eigenvalue weighted by molar-refractivity contribution is 0.172. The molecule has 2 rings (SSSR count). The molecule has 130 valence electrons. The Hall–Kier alpha value is -1.17. The van der Waals surface area contributed by atoms with E-state index < -0.39 is 0 Å². The van der Waals surface area contributed by atoms with Gasteiger partial charge in [-0.3, -0.25) is 5.10 Å². The van der Waals surface area contributed by atoms with E-state index in [0.717, 1.165) is 42.9 Å². The van der Waals surface area contributed by atoms with Crippen molar-refractivity contribution in [2.24, 2.45) is 0 Å². The van der Waals surface area contributed by atoms with Crippen molar-refractivity contribution in [1.29, 1.82) is 0 Å². The molecule has 1 saturated heterocycles. The third kappa shape index (κ3) is 4.66. The van der Waals surface area contributed by atoms with Gasteiger partial charge in [-0.1, -0.05) is 12.8 Å². The second-order valence-corrected chi connectivity index (χ2v) is 7.52. The minimum atomic E-state index is 0.0745. The maximum absolute atomic E-state index is 12.8. The summed E-state index contributed by atoms with van der Waals surface area (Å²) < 4.78 is 0. The molecule has 0 unspecified atom stereocenters. The van der Waals surface area contributed by atoms with Crippen LogP contribution in [0.3, 0.4) is 0 Å². The van der Waals surface area contributed by atoms with Crippen molar-refractivity contribution in [2.75, 3.05) is 18.6 Å². The normalized spacial score (nSPS) is 20.2. The fourth-order valence-electron chi connectivity index (χ4n) is 3.36. The topological polar surface area (TPSA) is 61.0 Å². The first-order valence-electron chi connectivity index (χ1n) is 8.62. The van der Waals surface area contributed by atoms with Gasteiger partial charge in [-0.2, -0.15) is 16.9 Å². The molecule has 2 heterocycles. The van der Waals surface area contributed by atoms with E-state index in [-0.39, 0.29) is 18.1 Å². The molecule has 2 atom stereocenters. The number of carbonyl (C=O) groups excluding carboxylic acids is 1. The average molecular weight is 339 g/mol. The summed E-state index contributed by atoms with van der Waals surface area (Å²) in [7, 11) is 0. The number of H-pyrrole nitrogens is 1. The van der Waals surface area contributed by atoms with Gasteiger partial charge in [0.2, 0.25) is 0 Å². The minimum Gasteiger partial charge on any atom is -0.335 e. The number of amides is 2. The maximum Gasteiger partial charge on any atom is 0.318 e. The summed E-state index contributed by atoms with van der Waals surface area (Å²) in [5, 5.41) is 10.6. The monoisotopic (exact) mass is 338 g/mol. The molecule has 1 aromatic rings. The highest BCUT2D eigenvalue weighted by atomic mass is 32.2. The Labute approximate surface area is 144 Å². The summed E-state index contributed by atoms with van der Waals surface area (Å²) in [4.78, 5) is 14.9. The fraction of sp³-hybridized carbons (Fsp3) is 0.765. The van der Waals surface area contributed by atoms with Crippen LogP contribution in [0.2, 0.25) is 0 Å². The Morgan fingerprint density at radius 1 is 1.43 bits per heavy atom. The number of rotatable bonds is 5. The number of likely N-dealkylation sites (tertiary alicyclic amines) is 1. The number of hydrogen-bond donors (Lipinski definition) is 2. The molecule has 1 fully saturated rings. The van der Waals surface area contributed by atoms with E-state index in [2.05, 4.69) is 35.6 Å². The van der Waals surface area contributed by atoms with Gasteiger partial charge in [0, 0.05) is 23.8 Å². The van der Waals surface area contributed by atoms with Crippen molar-refractivity contribution in [1.82, 2.24) is 20.4 Å². The highest BCUT2D eigenvalue weighted by Gasteiger charge is 2.30. The number of nitrogens with zero attached hydrogens (tertiary/aromatic N) is 2. The van der Waals surface area contributed by atoms with Crippen molar-refractivity contribution in [2.45, 2.75) is 65.0 Å². The SMILES string of the molecule is CSCC[C@H](C)NC(=O)N1CCCCC[C@@H]1c1c(C)n[nH]c1C. The smallest absolute Gasteiger partial charge is 0.318 e. The van der Waals surface area contributed by atoms with Gasteiger partial charge < -0.3 is 10.2 Å². The van der Waals surface area contributed by atoms with Crippen LogP contribution in [0.1, 0.15) is 62.0 Å². The molecular weight excluding hydrogens is 308 g/mol. The fourth-order valence-corrected chi connectivity index (χ4v) is 3.95. The van der Waals surface area contributed by atoms with E-state index in [1.807, 2.05) is 23.6 Å². The zero-order valence-electron chi connectivity index (χ0n) is 14.8. The summed E-state index contributed by atoms with van der Waals surface area (Å²) in [6.07, 6.45) is 7.57. The molecule has 6 heteroatoms. The molecule has 0 radical (unpaired) electrons. The predicted molar refractivity (Wildman–Crippen MR) is 97.0 cm³/mol. The van der Waals surface area contributed by atoms with E-state index >= 15 is 0 Å². The number of urea groups is 1. The molecule has 2 amide bonds. The van der Waals surface area contributed by atoms with Crippen LogP contribution in [0.25, 0.3) is 0 Å². The third-order valence-corrected chi connectivity index (χ3v) is 5.30. The van der Waals surface area contributed by atoms with Crippen LogP contribution in [0, 0.1) is 13.8 Å². The van der Waals surface area contributed by atoms with Crippen LogP contribution in [0.5, 0.6) is 0 Å². The molecule has 1 aliphatic rings. The first-order valence-corrected chi connectivity index (χ1v) is 10.0. The van der Waals surface area contributed by atoms with E-state index in [4.69, 9.17) is 0 Å². The largest absolute Gasteiger partial charge is 0.335 e. The van der Waals surface area contributed by atoms with Gasteiger partial charge in [0.25, 0.3) is 0 Å². The third-order valence-electron chi connectivity index (χ3n) is 4.66. The number of hydrogen-bond acceptors (Lipinski definition) is 3. The van der Waals surface area contributed by atoms with Crippen LogP contribution in [-0.4, -0.2) is 45.7 Å². The summed E-state index contributed by atoms with van der Waals surface area (Å²) in [5.74, 6) is 1.07. The van der Waals surface area contributed by atoms with Gasteiger partial charge >= 0.3 is 6.03 Å². The van der Waals surface area contributed by atoms with Crippen LogP contribution in [0.15, 0.2) is 0 Å². The minimum absolute atomic E-state index is 0.0745. The van der Waals surface area contributed by atoms with Gasteiger partial charge in [0.15, 0.2) is 0 Å². The molecule has 1 aliphatic heterocycles. The van der Waals surface area contributed by atoms with E-state index in [1.54, 1.807) is 0 Å². The summed E-state index contributed by atoms with van der Waals surface area (Å²) >= 11 is 1.82. The Kier molecular flexibility index (Phi) is 6.81. The van der Waals surface area contributed by atoms with Crippen LogP contribution < -0.4 is 5.32 Å².